The predicted molar refractivity (Wildman–Crippen MR) is 214 cm³/mol. The average Bonchev–Trinajstić information content (AvgIpc) is 4.00. The van der Waals surface area contributed by atoms with Gasteiger partial charge in [-0.3, -0.25) is 14.4 Å². The number of nitrogens with one attached hydrogen (secondary N) is 1. The number of ketones is 1. The Labute approximate surface area is 323 Å². The highest BCUT2D eigenvalue weighted by molar-refractivity contribution is 8.01. The monoisotopic (exact) mass is 760 g/mol. The van der Waals surface area contributed by atoms with Gasteiger partial charge in [0.15, 0.2) is 11.0 Å². The molecule has 1 unspecified atom stereocenters. The lowest BCUT2D eigenvalue weighted by molar-refractivity contribution is -0.115. The molecule has 0 heterocycles. The van der Waals surface area contributed by atoms with Crippen LogP contribution >= 0.6 is 11.8 Å². The normalized spacial score (nSPS) is 12.6. The maximum Gasteiger partial charge on any atom is 0.335 e. The molecule has 3 aromatic carbocycles. The number of hydrogen-bond acceptors (Lipinski definition) is 7. The van der Waals surface area contributed by atoms with Crippen molar-refractivity contribution in [2.75, 3.05) is 12.4 Å². The van der Waals surface area contributed by atoms with Gasteiger partial charge in [-0.1, -0.05) is 122 Å². The van der Waals surface area contributed by atoms with E-state index in [9.17, 15) is 34.2 Å². The van der Waals surface area contributed by atoms with E-state index in [-0.39, 0.29) is 32.8 Å². The van der Waals surface area contributed by atoms with Crippen LogP contribution in [0.5, 0.6) is 5.75 Å². The number of aromatic carboxylic acids is 2. The second-order valence-corrected chi connectivity index (χ2v) is 15.0. The fourth-order valence-electron chi connectivity index (χ4n) is 6.04. The van der Waals surface area contributed by atoms with Gasteiger partial charge in [0, 0.05) is 16.1 Å². The number of hydrogen-bond donors (Lipinski definition) is 4. The molecule has 4 rings (SSSR count). The number of anilines is 1. The summed E-state index contributed by atoms with van der Waals surface area (Å²) in [6, 6.07) is 15.3. The molecule has 0 aliphatic heterocycles. The molecule has 1 fully saturated rings. The van der Waals surface area contributed by atoms with Crippen LogP contribution in [0.15, 0.2) is 71.6 Å². The van der Waals surface area contributed by atoms with E-state index >= 15 is 0 Å². The maximum absolute atomic E-state index is 13.4. The minimum Gasteiger partial charge on any atom is -0.497 e. The average molecular weight is 761 g/mol. The third-order valence-electron chi connectivity index (χ3n) is 9.36. The zero-order valence-electron chi connectivity index (χ0n) is 31.6. The summed E-state index contributed by atoms with van der Waals surface area (Å²) in [5, 5.41) is 19.6. The SMILES string of the molecule is CCCCCCCCCCCCCCCC1CC1.COc1ccc(C(=O)C(Sc2ccccc2C(N)=O)C(=O)Nc2cc(C(=O)O)cc(C(=O)O)c2)cc1. The van der Waals surface area contributed by atoms with E-state index in [1.165, 1.54) is 134 Å². The number of primary amides is 1. The second-order valence-electron chi connectivity index (χ2n) is 13.8. The van der Waals surface area contributed by atoms with Crippen LogP contribution in [0.2, 0.25) is 0 Å². The Balaban J connectivity index is 0.000000366. The molecular weight excluding hydrogens is 705 g/mol. The largest absolute Gasteiger partial charge is 0.497 e. The van der Waals surface area contributed by atoms with Gasteiger partial charge < -0.3 is 26.0 Å². The number of carbonyl (C=O) groups excluding carboxylic acids is 3. The highest BCUT2D eigenvalue weighted by atomic mass is 32.2. The van der Waals surface area contributed by atoms with Gasteiger partial charge >= 0.3 is 11.9 Å². The van der Waals surface area contributed by atoms with Gasteiger partial charge in [-0.15, -0.1) is 11.8 Å². The smallest absolute Gasteiger partial charge is 0.335 e. The van der Waals surface area contributed by atoms with Gasteiger partial charge in [-0.05, 0) is 60.5 Å². The van der Waals surface area contributed by atoms with Crippen molar-refractivity contribution in [2.45, 2.75) is 120 Å². The number of carbonyl (C=O) groups is 5. The molecular formula is C43H56N2O8S. The summed E-state index contributed by atoms with van der Waals surface area (Å²) in [6.45, 7) is 2.30. The van der Waals surface area contributed by atoms with Crippen molar-refractivity contribution in [3.05, 3.63) is 89.0 Å². The van der Waals surface area contributed by atoms with Crippen molar-refractivity contribution in [1.29, 1.82) is 0 Å². The molecule has 1 aliphatic carbocycles. The van der Waals surface area contributed by atoms with E-state index in [1.54, 1.807) is 24.3 Å². The highest BCUT2D eigenvalue weighted by Gasteiger charge is 2.31. The van der Waals surface area contributed by atoms with Crippen molar-refractivity contribution in [3.8, 4) is 5.75 Å². The number of methoxy groups -OCH3 is 1. The summed E-state index contributed by atoms with van der Waals surface area (Å²) in [5.41, 5.74) is 4.85. The number of carboxylic acids is 2. The Morgan fingerprint density at radius 1 is 0.741 bits per heavy atom. The first-order valence-corrected chi connectivity index (χ1v) is 20.1. The van der Waals surface area contributed by atoms with Crippen LogP contribution < -0.4 is 15.8 Å². The second kappa shape index (κ2) is 23.9. The van der Waals surface area contributed by atoms with Gasteiger partial charge in [0.1, 0.15) is 5.75 Å². The summed E-state index contributed by atoms with van der Waals surface area (Å²) < 4.78 is 5.09. The molecule has 1 atom stereocenters. The van der Waals surface area contributed by atoms with E-state index in [0.717, 1.165) is 35.9 Å². The fourth-order valence-corrected chi connectivity index (χ4v) is 7.16. The van der Waals surface area contributed by atoms with Crippen molar-refractivity contribution >= 4 is 47.0 Å². The van der Waals surface area contributed by atoms with Gasteiger partial charge in [0.2, 0.25) is 11.8 Å². The van der Waals surface area contributed by atoms with Crippen LogP contribution in [0.4, 0.5) is 5.69 Å². The van der Waals surface area contributed by atoms with Gasteiger partial charge in [0.05, 0.1) is 23.8 Å². The Morgan fingerprint density at radius 3 is 1.74 bits per heavy atom. The molecule has 0 aromatic heterocycles. The van der Waals surface area contributed by atoms with Crippen LogP contribution in [0.1, 0.15) is 151 Å². The van der Waals surface area contributed by atoms with E-state index in [4.69, 9.17) is 10.5 Å². The lowest BCUT2D eigenvalue weighted by atomic mass is 10.0. The molecule has 11 heteroatoms. The molecule has 0 spiro atoms. The van der Waals surface area contributed by atoms with Crippen LogP contribution in [-0.4, -0.2) is 52.1 Å². The van der Waals surface area contributed by atoms with Crippen molar-refractivity contribution in [3.63, 3.8) is 0 Å². The number of thioether (sulfide) groups is 1. The molecule has 0 radical (unpaired) electrons. The highest BCUT2D eigenvalue weighted by Crippen LogP contribution is 2.34. The minimum absolute atomic E-state index is 0.101. The molecule has 292 valence electrons. The fraction of sp³-hybridized carbons (Fsp3) is 0.465. The third kappa shape index (κ3) is 15.8. The van der Waals surface area contributed by atoms with Crippen molar-refractivity contribution in [1.82, 2.24) is 0 Å². The van der Waals surface area contributed by atoms with Crippen LogP contribution in [0.25, 0.3) is 0 Å². The summed E-state index contributed by atoms with van der Waals surface area (Å²) >= 11 is 0.779. The number of carboxylic acid groups (broad SMARTS) is 2. The Bertz CT molecular complexity index is 1640. The lowest BCUT2D eigenvalue weighted by Gasteiger charge is -2.18. The Kier molecular flexibility index (Phi) is 19.4. The first kappa shape index (κ1) is 43.8. The number of ether oxygens (including phenoxy) is 1. The topological polar surface area (TPSA) is 173 Å². The van der Waals surface area contributed by atoms with Gasteiger partial charge in [-0.2, -0.15) is 0 Å². The third-order valence-corrected chi connectivity index (χ3v) is 10.6. The van der Waals surface area contributed by atoms with Crippen molar-refractivity contribution < 1.29 is 38.9 Å². The Morgan fingerprint density at radius 2 is 1.26 bits per heavy atom. The molecule has 0 saturated heterocycles. The molecule has 0 bridgehead atoms. The maximum atomic E-state index is 13.4. The molecule has 10 nitrogen and oxygen atoms in total. The summed E-state index contributed by atoms with van der Waals surface area (Å²) in [7, 11) is 1.46. The minimum atomic E-state index is -1.44. The molecule has 2 amide bonds. The Hall–Kier alpha value is -4.64. The number of rotatable bonds is 24. The predicted octanol–water partition coefficient (Wildman–Crippen LogP) is 10.1. The first-order valence-electron chi connectivity index (χ1n) is 19.2. The van der Waals surface area contributed by atoms with E-state index in [2.05, 4.69) is 12.2 Å². The molecule has 54 heavy (non-hydrogen) atoms. The van der Waals surface area contributed by atoms with Crippen molar-refractivity contribution in [2.24, 2.45) is 11.7 Å². The van der Waals surface area contributed by atoms with Crippen LogP contribution in [0, 0.1) is 5.92 Å². The molecule has 1 saturated carbocycles. The lowest BCUT2D eigenvalue weighted by Crippen LogP contribution is -2.33. The first-order chi connectivity index (χ1) is 26.0. The molecule has 3 aromatic rings. The van der Waals surface area contributed by atoms with E-state index < -0.39 is 34.8 Å². The quantitative estimate of drug-likeness (QED) is 0.0300. The van der Waals surface area contributed by atoms with Crippen LogP contribution in [-0.2, 0) is 4.79 Å². The van der Waals surface area contributed by atoms with Gasteiger partial charge in [-0.25, -0.2) is 9.59 Å². The number of Topliss-reactive ketones (excluding diaryl/α,β-unsaturated/α-hetero) is 1. The number of amides is 2. The number of benzene rings is 3. The standard InChI is InChI=1S/C25H20N2O8S.C18H36/c1-35-17-8-6-13(7-9-17)20(28)21(36-19-5-3-2-4-18(19)22(26)29)23(30)27-16-11-14(24(31)32)10-15(12-16)25(33)34;1-2-3-4-5-6-7-8-9-10-11-12-13-14-15-18-16-17-18/h2-12,21H,1H3,(H2,26,29)(H,27,30)(H,31,32)(H,33,34);18H,2-17H2,1H3. The van der Waals surface area contributed by atoms with E-state index in [0.29, 0.717) is 5.75 Å². The summed E-state index contributed by atoms with van der Waals surface area (Å²) in [6.07, 6.45) is 23.9. The number of nitrogens with two attached hydrogens (primary N) is 1. The zero-order chi connectivity index (χ0) is 39.3. The molecule has 5 N–H and O–H groups in total. The summed E-state index contributed by atoms with van der Waals surface area (Å²) in [4.78, 5) is 61.7. The number of unbranched alkanes of at least 4 members (excludes halogenated alkanes) is 12. The van der Waals surface area contributed by atoms with Gasteiger partial charge in [0.25, 0.3) is 0 Å². The molecule has 1 aliphatic rings. The summed E-state index contributed by atoms with van der Waals surface area (Å²) in [5.74, 6) is -3.39. The zero-order valence-corrected chi connectivity index (χ0v) is 32.5. The van der Waals surface area contributed by atoms with Crippen LogP contribution in [0.3, 0.4) is 0 Å². The van der Waals surface area contributed by atoms with E-state index in [1.807, 2.05) is 0 Å².